The number of nitro groups is 2. The number of phenolic OH excluding ortho intramolecular Hbond substituents is 2. The number of carbonyl (C=O) groups excluding carboxylic acids is 2. The molecule has 0 heterocycles. The molecular weight excluding hydrogens is 484 g/mol. The van der Waals surface area contributed by atoms with Crippen LogP contribution in [0, 0.1) is 20.2 Å². The van der Waals surface area contributed by atoms with Crippen molar-refractivity contribution in [2.24, 2.45) is 10.2 Å². The highest BCUT2D eigenvalue weighted by Gasteiger charge is 2.21. The van der Waals surface area contributed by atoms with Crippen LogP contribution >= 0.6 is 11.8 Å². The Bertz CT molecular complexity index is 1110. The number of carbonyl (C=O) groups is 2. The Hall–Kier alpha value is -4.53. The van der Waals surface area contributed by atoms with E-state index in [2.05, 4.69) is 21.1 Å². The zero-order valence-corrected chi connectivity index (χ0v) is 19.1. The molecule has 15 heteroatoms. The summed E-state index contributed by atoms with van der Waals surface area (Å²) in [4.78, 5) is 44.8. The fourth-order valence-electron chi connectivity index (χ4n) is 2.46. The summed E-state index contributed by atoms with van der Waals surface area (Å²) in [6, 6.07) is 6.67. The van der Waals surface area contributed by atoms with Gasteiger partial charge in [0, 0.05) is 35.4 Å². The van der Waals surface area contributed by atoms with Crippen LogP contribution in [0.2, 0.25) is 0 Å². The number of hydrogen-bond acceptors (Lipinski definition) is 11. The van der Waals surface area contributed by atoms with Crippen LogP contribution in [0.4, 0.5) is 11.4 Å². The second-order valence-electron chi connectivity index (χ2n) is 6.89. The number of amides is 2. The number of aromatic hydroxyl groups is 2. The number of rotatable bonds is 10. The van der Waals surface area contributed by atoms with Gasteiger partial charge >= 0.3 is 0 Å². The molecule has 0 aliphatic carbocycles. The van der Waals surface area contributed by atoms with Crippen molar-refractivity contribution in [3.8, 4) is 11.5 Å². The molecule has 0 aliphatic heterocycles. The molecular formula is C20H20N6O8S. The van der Waals surface area contributed by atoms with Gasteiger partial charge in [-0.05, 0) is 26.0 Å². The summed E-state index contributed by atoms with van der Waals surface area (Å²) < 4.78 is 0. The van der Waals surface area contributed by atoms with Crippen molar-refractivity contribution < 1.29 is 29.6 Å². The van der Waals surface area contributed by atoms with Gasteiger partial charge in [0.15, 0.2) is 0 Å². The first-order valence-corrected chi connectivity index (χ1v) is 10.7. The van der Waals surface area contributed by atoms with Crippen LogP contribution < -0.4 is 10.9 Å². The summed E-state index contributed by atoms with van der Waals surface area (Å²) in [7, 11) is 0. The van der Waals surface area contributed by atoms with E-state index < -0.39 is 32.2 Å². The molecule has 0 saturated heterocycles. The number of nitrogens with one attached hydrogen (secondary N) is 2. The normalized spacial score (nSPS) is 12.9. The Kier molecular flexibility index (Phi) is 9.22. The van der Waals surface area contributed by atoms with Crippen molar-refractivity contribution in [3.05, 3.63) is 67.8 Å². The Morgan fingerprint density at radius 3 is 1.57 bits per heavy atom. The molecule has 0 radical (unpaired) electrons. The molecule has 35 heavy (non-hydrogen) atoms. The first-order valence-electron chi connectivity index (χ1n) is 9.75. The van der Waals surface area contributed by atoms with Gasteiger partial charge in [-0.3, -0.25) is 29.8 Å². The van der Waals surface area contributed by atoms with E-state index in [9.17, 15) is 40.0 Å². The van der Waals surface area contributed by atoms with E-state index in [1.165, 1.54) is 13.8 Å². The number of hydrogen-bond donors (Lipinski definition) is 4. The molecule has 2 rings (SSSR count). The Labute approximate surface area is 202 Å². The first kappa shape index (κ1) is 26.7. The Morgan fingerprint density at radius 2 is 1.23 bits per heavy atom. The molecule has 0 spiro atoms. The molecule has 0 aliphatic rings. The molecule has 0 fully saturated rings. The van der Waals surface area contributed by atoms with Crippen LogP contribution in [0.3, 0.4) is 0 Å². The van der Waals surface area contributed by atoms with Crippen molar-refractivity contribution in [2.45, 2.75) is 24.3 Å². The molecule has 0 aromatic heterocycles. The van der Waals surface area contributed by atoms with Crippen molar-refractivity contribution in [2.75, 3.05) is 0 Å². The van der Waals surface area contributed by atoms with Gasteiger partial charge in [-0.2, -0.15) is 10.2 Å². The highest BCUT2D eigenvalue weighted by Crippen LogP contribution is 2.22. The fraction of sp³-hybridized carbons (Fsp3) is 0.200. The van der Waals surface area contributed by atoms with Gasteiger partial charge in [0.05, 0.1) is 32.8 Å². The van der Waals surface area contributed by atoms with E-state index in [4.69, 9.17) is 0 Å². The van der Waals surface area contributed by atoms with Crippen molar-refractivity contribution in [3.63, 3.8) is 0 Å². The van der Waals surface area contributed by atoms with Gasteiger partial charge in [-0.15, -0.1) is 11.8 Å². The summed E-state index contributed by atoms with van der Waals surface area (Å²) in [5, 5.41) is 47.0. The molecule has 2 aromatic rings. The van der Waals surface area contributed by atoms with Crippen LogP contribution in [-0.4, -0.2) is 54.8 Å². The van der Waals surface area contributed by atoms with E-state index in [0.29, 0.717) is 0 Å². The van der Waals surface area contributed by atoms with E-state index in [1.807, 2.05) is 0 Å². The van der Waals surface area contributed by atoms with Crippen LogP contribution in [0.5, 0.6) is 11.5 Å². The van der Waals surface area contributed by atoms with Gasteiger partial charge in [-0.25, -0.2) is 10.9 Å². The molecule has 2 atom stereocenters. The third kappa shape index (κ3) is 7.78. The molecule has 2 amide bonds. The maximum atomic E-state index is 12.2. The van der Waals surface area contributed by atoms with Gasteiger partial charge < -0.3 is 10.2 Å². The first-order chi connectivity index (χ1) is 16.5. The second-order valence-corrected chi connectivity index (χ2v) is 8.58. The lowest BCUT2D eigenvalue weighted by Gasteiger charge is -2.14. The zero-order valence-electron chi connectivity index (χ0n) is 18.3. The van der Waals surface area contributed by atoms with E-state index in [-0.39, 0.29) is 34.0 Å². The lowest BCUT2D eigenvalue weighted by atomic mass is 10.2. The van der Waals surface area contributed by atoms with Gasteiger partial charge in [0.2, 0.25) is 0 Å². The van der Waals surface area contributed by atoms with Crippen LogP contribution in [0.1, 0.15) is 25.0 Å². The summed E-state index contributed by atoms with van der Waals surface area (Å²) in [6.07, 6.45) is 2.09. The summed E-state index contributed by atoms with van der Waals surface area (Å²) in [6.45, 7) is 3.04. The van der Waals surface area contributed by atoms with Gasteiger partial charge in [0.1, 0.15) is 11.5 Å². The zero-order chi connectivity index (χ0) is 26.1. The molecule has 2 aromatic carbocycles. The fourth-order valence-corrected chi connectivity index (χ4v) is 3.43. The lowest BCUT2D eigenvalue weighted by molar-refractivity contribution is -0.385. The van der Waals surface area contributed by atoms with Crippen LogP contribution in [-0.2, 0) is 9.59 Å². The third-order valence-corrected chi connectivity index (χ3v) is 5.59. The van der Waals surface area contributed by atoms with Crippen LogP contribution in [0.15, 0.2) is 46.6 Å². The van der Waals surface area contributed by atoms with Crippen molar-refractivity contribution >= 4 is 47.4 Å². The molecule has 0 bridgehead atoms. The molecule has 4 N–H and O–H groups in total. The maximum Gasteiger partial charge on any atom is 0.270 e. The third-order valence-electron chi connectivity index (χ3n) is 4.35. The number of nitrogens with zero attached hydrogens (tertiary/aromatic N) is 4. The molecule has 14 nitrogen and oxygen atoms in total. The lowest BCUT2D eigenvalue weighted by Crippen LogP contribution is -2.33. The van der Waals surface area contributed by atoms with Crippen LogP contribution in [0.25, 0.3) is 0 Å². The minimum Gasteiger partial charge on any atom is -0.507 e. The predicted molar refractivity (Wildman–Crippen MR) is 128 cm³/mol. The maximum absolute atomic E-state index is 12.2. The van der Waals surface area contributed by atoms with E-state index in [0.717, 1.165) is 60.6 Å². The minimum absolute atomic E-state index is 0.0280. The quantitative estimate of drug-likeness (QED) is 0.211. The number of hydrazone groups is 2. The monoisotopic (exact) mass is 504 g/mol. The molecule has 2 unspecified atom stereocenters. The number of non-ortho nitro benzene ring substituents is 2. The largest absolute Gasteiger partial charge is 0.507 e. The SMILES string of the molecule is CC(SC(C)C(=O)N/N=C/c1cc([N+](=O)[O-])ccc1O)C(=O)N/N=C\c1cc([N+](=O)[O-])ccc1O. The summed E-state index contributed by atoms with van der Waals surface area (Å²) in [5.74, 6) is -1.66. The highest BCUT2D eigenvalue weighted by atomic mass is 32.2. The number of thioether (sulfide) groups is 1. The van der Waals surface area contributed by atoms with E-state index in [1.54, 1.807) is 0 Å². The van der Waals surface area contributed by atoms with Gasteiger partial charge in [-0.1, -0.05) is 0 Å². The average Bonchev–Trinajstić information content (AvgIpc) is 2.80. The number of phenols is 2. The summed E-state index contributed by atoms with van der Waals surface area (Å²) >= 11 is 0.978. The molecule has 0 saturated carbocycles. The highest BCUT2D eigenvalue weighted by molar-refractivity contribution is 8.01. The number of benzene rings is 2. The molecule has 184 valence electrons. The topological polar surface area (TPSA) is 210 Å². The summed E-state index contributed by atoms with van der Waals surface area (Å²) in [5.41, 5.74) is 3.98. The predicted octanol–water partition coefficient (Wildman–Crippen LogP) is 2.02. The average molecular weight is 504 g/mol. The minimum atomic E-state index is -0.739. The Morgan fingerprint density at radius 1 is 0.857 bits per heavy atom. The smallest absolute Gasteiger partial charge is 0.270 e. The van der Waals surface area contributed by atoms with Crippen molar-refractivity contribution in [1.82, 2.24) is 10.9 Å². The Balaban J connectivity index is 1.89. The van der Waals surface area contributed by atoms with E-state index >= 15 is 0 Å². The van der Waals surface area contributed by atoms with Gasteiger partial charge in [0.25, 0.3) is 23.2 Å². The second kappa shape index (κ2) is 12.1. The number of nitro benzene ring substituents is 2. The standard InChI is InChI=1S/C20H20N6O8S/c1-11(19(29)23-21-9-13-7-15(25(31)32)3-5-17(13)27)35-12(2)20(30)24-22-10-14-8-16(26(33)34)4-6-18(14)28/h3-12,27-28H,1-2H3,(H,23,29)(H,24,30)/b21-9-,22-10+. The van der Waals surface area contributed by atoms with Crippen molar-refractivity contribution in [1.29, 1.82) is 0 Å².